The second-order valence-electron chi connectivity index (χ2n) is 4.60. The quantitative estimate of drug-likeness (QED) is 0.521. The fraction of sp³-hybridized carbons (Fsp3) is 0.909. The maximum Gasteiger partial charge on any atom is 0.235 e. The van der Waals surface area contributed by atoms with Crippen LogP contribution in [0.3, 0.4) is 0 Å². The number of hydrogen-bond acceptors (Lipinski definition) is 5. The van der Waals surface area contributed by atoms with Gasteiger partial charge in [0.15, 0.2) is 0 Å². The molecule has 0 aromatic carbocycles. The standard InChI is InChI=1S/C11H25N3O4S/c1-13(2)7-5-6-12-11(15)10-14(8-9-18-3)19(4,16)17/h5-10H2,1-4H3,(H,12,15). The number of carbonyl (C=O) groups is 1. The fourth-order valence-electron chi connectivity index (χ4n) is 1.39. The molecule has 0 unspecified atom stereocenters. The molecule has 0 heterocycles. The molecule has 0 aliphatic carbocycles. The Balaban J connectivity index is 4.10. The van der Waals surface area contributed by atoms with Crippen molar-refractivity contribution in [2.75, 3.05) is 60.2 Å². The number of nitrogens with one attached hydrogen (secondary N) is 1. The van der Waals surface area contributed by atoms with Crippen molar-refractivity contribution >= 4 is 15.9 Å². The molecule has 0 bridgehead atoms. The van der Waals surface area contributed by atoms with Gasteiger partial charge in [-0.25, -0.2) is 8.42 Å². The smallest absolute Gasteiger partial charge is 0.235 e. The van der Waals surface area contributed by atoms with Gasteiger partial charge in [0, 0.05) is 20.2 Å². The van der Waals surface area contributed by atoms with Crippen molar-refractivity contribution in [3.8, 4) is 0 Å². The minimum absolute atomic E-state index is 0.163. The summed E-state index contributed by atoms with van der Waals surface area (Å²) < 4.78 is 28.9. The number of carbonyl (C=O) groups excluding carboxylic acids is 1. The van der Waals surface area contributed by atoms with Gasteiger partial charge in [0.05, 0.1) is 19.4 Å². The molecule has 0 aromatic rings. The maximum atomic E-state index is 11.6. The largest absolute Gasteiger partial charge is 0.383 e. The summed E-state index contributed by atoms with van der Waals surface area (Å²) in [5, 5.41) is 2.70. The summed E-state index contributed by atoms with van der Waals surface area (Å²) in [7, 11) is 2.01. The average molecular weight is 295 g/mol. The molecule has 0 saturated heterocycles. The lowest BCUT2D eigenvalue weighted by molar-refractivity contribution is -0.121. The van der Waals surface area contributed by atoms with Gasteiger partial charge in [0.25, 0.3) is 0 Å². The summed E-state index contributed by atoms with van der Waals surface area (Å²) in [5.74, 6) is -0.291. The lowest BCUT2D eigenvalue weighted by Crippen LogP contribution is -2.42. The van der Waals surface area contributed by atoms with Crippen LogP contribution in [-0.2, 0) is 19.6 Å². The summed E-state index contributed by atoms with van der Waals surface area (Å²) in [6.07, 6.45) is 1.91. The predicted molar refractivity (Wildman–Crippen MR) is 74.5 cm³/mol. The molecule has 0 aliphatic rings. The Labute approximate surface area is 115 Å². The van der Waals surface area contributed by atoms with Crippen molar-refractivity contribution in [1.29, 1.82) is 0 Å². The molecule has 19 heavy (non-hydrogen) atoms. The first-order valence-corrected chi connectivity index (χ1v) is 7.97. The predicted octanol–water partition coefficient (Wildman–Crippen LogP) is -1.04. The molecule has 1 N–H and O–H groups in total. The maximum absolute atomic E-state index is 11.6. The molecule has 1 amide bonds. The zero-order chi connectivity index (χ0) is 14.9. The molecule has 0 fully saturated rings. The zero-order valence-corrected chi connectivity index (χ0v) is 13.0. The molecule has 114 valence electrons. The van der Waals surface area contributed by atoms with Crippen LogP contribution in [-0.4, -0.2) is 83.8 Å². The van der Waals surface area contributed by atoms with Crippen molar-refractivity contribution in [2.24, 2.45) is 0 Å². The minimum Gasteiger partial charge on any atom is -0.383 e. The van der Waals surface area contributed by atoms with E-state index < -0.39 is 10.0 Å². The van der Waals surface area contributed by atoms with E-state index in [0.717, 1.165) is 23.5 Å². The van der Waals surface area contributed by atoms with E-state index in [9.17, 15) is 13.2 Å². The highest BCUT2D eigenvalue weighted by atomic mass is 32.2. The van der Waals surface area contributed by atoms with Gasteiger partial charge >= 0.3 is 0 Å². The van der Waals surface area contributed by atoms with Gasteiger partial charge in [0.2, 0.25) is 15.9 Å². The van der Waals surface area contributed by atoms with E-state index >= 15 is 0 Å². The molecule has 0 spiro atoms. The van der Waals surface area contributed by atoms with Gasteiger partial charge in [-0.3, -0.25) is 4.79 Å². The number of sulfonamides is 1. The highest BCUT2D eigenvalue weighted by Crippen LogP contribution is 1.97. The fourth-order valence-corrected chi connectivity index (χ4v) is 2.15. The normalized spacial score (nSPS) is 12.1. The van der Waals surface area contributed by atoms with Gasteiger partial charge in [-0.15, -0.1) is 0 Å². The van der Waals surface area contributed by atoms with Crippen molar-refractivity contribution in [3.63, 3.8) is 0 Å². The average Bonchev–Trinajstić information content (AvgIpc) is 2.28. The molecule has 0 atom stereocenters. The Morgan fingerprint density at radius 2 is 1.89 bits per heavy atom. The Morgan fingerprint density at radius 3 is 2.37 bits per heavy atom. The minimum atomic E-state index is -3.39. The molecule has 8 heteroatoms. The van der Waals surface area contributed by atoms with Gasteiger partial charge in [-0.1, -0.05) is 0 Å². The summed E-state index contributed by atoms with van der Waals surface area (Å²) in [5.41, 5.74) is 0. The van der Waals surface area contributed by atoms with Gasteiger partial charge < -0.3 is 15.0 Å². The van der Waals surface area contributed by atoms with E-state index in [1.807, 2.05) is 19.0 Å². The molecule has 0 aromatic heterocycles. The molecular weight excluding hydrogens is 270 g/mol. The van der Waals surface area contributed by atoms with E-state index in [1.54, 1.807) is 0 Å². The zero-order valence-electron chi connectivity index (χ0n) is 12.2. The van der Waals surface area contributed by atoms with E-state index in [4.69, 9.17) is 4.74 Å². The second-order valence-corrected chi connectivity index (χ2v) is 6.58. The van der Waals surface area contributed by atoms with Crippen molar-refractivity contribution < 1.29 is 17.9 Å². The van der Waals surface area contributed by atoms with E-state index in [1.165, 1.54) is 7.11 Å². The number of methoxy groups -OCH3 is 1. The number of amides is 1. The SMILES string of the molecule is COCCN(CC(=O)NCCCN(C)C)S(C)(=O)=O. The van der Waals surface area contributed by atoms with Crippen molar-refractivity contribution in [1.82, 2.24) is 14.5 Å². The molecular formula is C11H25N3O4S. The van der Waals surface area contributed by atoms with Crippen LogP contribution < -0.4 is 5.32 Å². The lowest BCUT2D eigenvalue weighted by Gasteiger charge is -2.19. The lowest BCUT2D eigenvalue weighted by atomic mass is 10.4. The first-order valence-electron chi connectivity index (χ1n) is 6.13. The number of ether oxygens (including phenoxy) is 1. The third-order valence-corrected chi connectivity index (χ3v) is 3.69. The van der Waals surface area contributed by atoms with Crippen LogP contribution in [0, 0.1) is 0 Å². The van der Waals surface area contributed by atoms with Gasteiger partial charge in [-0.2, -0.15) is 4.31 Å². The van der Waals surface area contributed by atoms with Crippen LogP contribution >= 0.6 is 0 Å². The molecule has 0 aliphatic heterocycles. The van der Waals surface area contributed by atoms with Crippen LogP contribution in [0.5, 0.6) is 0 Å². The van der Waals surface area contributed by atoms with Gasteiger partial charge in [0.1, 0.15) is 0 Å². The molecule has 7 nitrogen and oxygen atoms in total. The van der Waals surface area contributed by atoms with Gasteiger partial charge in [-0.05, 0) is 27.1 Å². The Hall–Kier alpha value is -0.700. The van der Waals surface area contributed by atoms with E-state index in [2.05, 4.69) is 5.32 Å². The van der Waals surface area contributed by atoms with Crippen LogP contribution in [0.2, 0.25) is 0 Å². The first-order chi connectivity index (χ1) is 8.77. The highest BCUT2D eigenvalue weighted by Gasteiger charge is 2.19. The molecule has 0 radical (unpaired) electrons. The summed E-state index contributed by atoms with van der Waals surface area (Å²) in [6, 6.07) is 0. The first kappa shape index (κ1) is 18.3. The second kappa shape index (κ2) is 9.24. The molecule has 0 rings (SSSR count). The third kappa shape index (κ3) is 9.83. The van der Waals surface area contributed by atoms with E-state index in [-0.39, 0.29) is 25.6 Å². The number of rotatable bonds is 10. The number of nitrogens with zero attached hydrogens (tertiary/aromatic N) is 2. The van der Waals surface area contributed by atoms with E-state index in [0.29, 0.717) is 6.54 Å². The molecule has 0 saturated carbocycles. The van der Waals surface area contributed by atoms with Crippen molar-refractivity contribution in [2.45, 2.75) is 6.42 Å². The van der Waals surface area contributed by atoms with Crippen LogP contribution in [0.25, 0.3) is 0 Å². The van der Waals surface area contributed by atoms with Crippen LogP contribution in [0.1, 0.15) is 6.42 Å². The summed E-state index contributed by atoms with van der Waals surface area (Å²) in [4.78, 5) is 13.7. The highest BCUT2D eigenvalue weighted by molar-refractivity contribution is 7.88. The Kier molecular flexibility index (Phi) is 8.90. The monoisotopic (exact) mass is 295 g/mol. The van der Waals surface area contributed by atoms with Crippen molar-refractivity contribution in [3.05, 3.63) is 0 Å². The van der Waals surface area contributed by atoms with Crippen LogP contribution in [0.4, 0.5) is 0 Å². The summed E-state index contributed by atoms with van der Waals surface area (Å²) in [6.45, 7) is 1.70. The van der Waals surface area contributed by atoms with Crippen LogP contribution in [0.15, 0.2) is 0 Å². The summed E-state index contributed by atoms with van der Waals surface area (Å²) >= 11 is 0. The third-order valence-electron chi connectivity index (χ3n) is 2.44. The Bertz CT molecular complexity index is 357. The topological polar surface area (TPSA) is 79.0 Å². The number of hydrogen-bond donors (Lipinski definition) is 1. The Morgan fingerprint density at radius 1 is 1.26 bits per heavy atom.